The first kappa shape index (κ1) is 18.6. The highest BCUT2D eigenvalue weighted by Crippen LogP contribution is 2.39. The highest BCUT2D eigenvalue weighted by molar-refractivity contribution is 5.27. The molecule has 0 aliphatic carbocycles. The van der Waals surface area contributed by atoms with Crippen molar-refractivity contribution >= 4 is 0 Å². The summed E-state index contributed by atoms with van der Waals surface area (Å²) in [5.41, 5.74) is -1.72. The molecule has 1 spiro atoms. The second-order valence-electron chi connectivity index (χ2n) is 7.58. The van der Waals surface area contributed by atoms with Crippen molar-refractivity contribution in [3.05, 3.63) is 35.1 Å². The lowest BCUT2D eigenvalue weighted by atomic mass is 9.78. The average Bonchev–Trinajstić information content (AvgIpc) is 2.47. The second-order valence-corrected chi connectivity index (χ2v) is 7.58. The number of piperidine rings is 1. The summed E-state index contributed by atoms with van der Waals surface area (Å²) in [6.45, 7) is 3.90. The van der Waals surface area contributed by atoms with E-state index < -0.39 is 23.2 Å². The molecule has 140 valence electrons. The average molecular weight is 361 g/mol. The van der Waals surface area contributed by atoms with E-state index in [-0.39, 0.29) is 12.1 Å². The van der Waals surface area contributed by atoms with Gasteiger partial charge in [-0.3, -0.25) is 4.90 Å². The van der Waals surface area contributed by atoms with E-state index >= 15 is 0 Å². The Bertz CT molecular complexity index is 622. The van der Waals surface area contributed by atoms with Gasteiger partial charge in [0.25, 0.3) is 0 Å². The van der Waals surface area contributed by atoms with Gasteiger partial charge in [-0.05, 0) is 49.9 Å². The van der Waals surface area contributed by atoms with E-state index in [0.29, 0.717) is 57.0 Å². The van der Waals surface area contributed by atoms with Gasteiger partial charge in [0, 0.05) is 26.1 Å². The van der Waals surface area contributed by atoms with E-state index in [9.17, 15) is 22.7 Å². The Kier molecular flexibility index (Phi) is 4.85. The first-order chi connectivity index (χ1) is 11.6. The number of halogens is 4. The van der Waals surface area contributed by atoms with E-state index in [1.807, 2.05) is 11.8 Å². The van der Waals surface area contributed by atoms with Gasteiger partial charge in [0.1, 0.15) is 5.82 Å². The Labute approximate surface area is 144 Å². The zero-order valence-electron chi connectivity index (χ0n) is 14.2. The highest BCUT2D eigenvalue weighted by atomic mass is 19.4. The van der Waals surface area contributed by atoms with Crippen molar-refractivity contribution in [1.82, 2.24) is 4.90 Å². The topological polar surface area (TPSA) is 32.7 Å². The third-order valence-corrected chi connectivity index (χ3v) is 5.21. The molecule has 1 N–H and O–H groups in total. The molecule has 7 heteroatoms. The lowest BCUT2D eigenvalue weighted by Gasteiger charge is -2.48. The normalized spacial score (nSPS) is 27.6. The van der Waals surface area contributed by atoms with E-state index in [4.69, 9.17) is 4.74 Å². The summed E-state index contributed by atoms with van der Waals surface area (Å²) < 4.78 is 57.9. The molecule has 2 aliphatic rings. The lowest BCUT2D eigenvalue weighted by Crippen LogP contribution is -2.53. The maximum atomic E-state index is 13.5. The number of hydrogen-bond donors (Lipinski definition) is 1. The summed E-state index contributed by atoms with van der Waals surface area (Å²) in [4.78, 5) is 2.01. The molecule has 2 heterocycles. The predicted molar refractivity (Wildman–Crippen MR) is 84.5 cm³/mol. The first-order valence-electron chi connectivity index (χ1n) is 8.52. The maximum Gasteiger partial charge on any atom is 0.416 e. The van der Waals surface area contributed by atoms with Crippen molar-refractivity contribution in [3.63, 3.8) is 0 Å². The molecule has 0 bridgehead atoms. The number of ether oxygens (including phenoxy) is 1. The van der Waals surface area contributed by atoms with Crippen LogP contribution in [0.2, 0.25) is 0 Å². The Balaban J connectivity index is 1.64. The fourth-order valence-corrected chi connectivity index (χ4v) is 3.92. The van der Waals surface area contributed by atoms with E-state index in [1.165, 1.54) is 0 Å². The van der Waals surface area contributed by atoms with Gasteiger partial charge in [0.2, 0.25) is 0 Å². The standard InChI is InChI=1S/C18H23F4NO2/c1-16(24)4-7-25-17(12-16)2-5-23(6-3-17)11-13-8-14(18(20,21)22)10-15(19)9-13/h8-10,24H,2-7,11-12H2,1H3. The molecule has 2 saturated heterocycles. The molecule has 1 aromatic carbocycles. The van der Waals surface area contributed by atoms with E-state index in [2.05, 4.69) is 0 Å². The Morgan fingerprint density at radius 2 is 1.84 bits per heavy atom. The minimum Gasteiger partial charge on any atom is -0.390 e. The van der Waals surface area contributed by atoms with Crippen LogP contribution in [0.15, 0.2) is 18.2 Å². The fourth-order valence-electron chi connectivity index (χ4n) is 3.92. The Hall–Kier alpha value is -1.18. The van der Waals surface area contributed by atoms with Crippen LogP contribution < -0.4 is 0 Å². The molecule has 0 saturated carbocycles. The van der Waals surface area contributed by atoms with Crippen molar-refractivity contribution in [3.8, 4) is 0 Å². The molecule has 25 heavy (non-hydrogen) atoms. The number of likely N-dealkylation sites (tertiary alicyclic amines) is 1. The maximum absolute atomic E-state index is 13.5. The van der Waals surface area contributed by atoms with Crippen LogP contribution in [0.5, 0.6) is 0 Å². The van der Waals surface area contributed by atoms with Crippen LogP contribution in [0.25, 0.3) is 0 Å². The Morgan fingerprint density at radius 1 is 1.16 bits per heavy atom. The van der Waals surface area contributed by atoms with Crippen LogP contribution in [0.3, 0.4) is 0 Å². The van der Waals surface area contributed by atoms with Gasteiger partial charge < -0.3 is 9.84 Å². The van der Waals surface area contributed by atoms with Crippen LogP contribution >= 0.6 is 0 Å². The molecular weight excluding hydrogens is 338 g/mol. The van der Waals surface area contributed by atoms with Crippen molar-refractivity contribution in [1.29, 1.82) is 0 Å². The van der Waals surface area contributed by atoms with Gasteiger partial charge in [0.15, 0.2) is 0 Å². The molecule has 0 radical (unpaired) electrons. The van der Waals surface area contributed by atoms with Gasteiger partial charge in [-0.25, -0.2) is 4.39 Å². The Morgan fingerprint density at radius 3 is 2.44 bits per heavy atom. The van der Waals surface area contributed by atoms with Crippen LogP contribution in [-0.2, 0) is 17.5 Å². The minimum atomic E-state index is -4.55. The fraction of sp³-hybridized carbons (Fsp3) is 0.667. The third kappa shape index (κ3) is 4.51. The largest absolute Gasteiger partial charge is 0.416 e. The van der Waals surface area contributed by atoms with Crippen molar-refractivity contribution in [2.75, 3.05) is 19.7 Å². The molecule has 3 nitrogen and oxygen atoms in total. The summed E-state index contributed by atoms with van der Waals surface area (Å²) in [7, 11) is 0. The summed E-state index contributed by atoms with van der Waals surface area (Å²) in [5, 5.41) is 10.3. The number of nitrogens with zero attached hydrogens (tertiary/aromatic N) is 1. The molecule has 0 amide bonds. The molecule has 1 atom stereocenters. The summed E-state index contributed by atoms with van der Waals surface area (Å²) in [6, 6.07) is 2.68. The lowest BCUT2D eigenvalue weighted by molar-refractivity contribution is -0.173. The molecule has 1 aromatic rings. The SMILES string of the molecule is CC1(O)CCOC2(CCN(Cc3cc(F)cc(C(F)(F)F)c3)CC2)C1. The number of rotatable bonds is 2. The number of alkyl halides is 3. The quantitative estimate of drug-likeness (QED) is 0.815. The van der Waals surface area contributed by atoms with Crippen LogP contribution in [0.1, 0.15) is 43.7 Å². The second kappa shape index (κ2) is 6.52. The van der Waals surface area contributed by atoms with Gasteiger partial charge in [-0.15, -0.1) is 0 Å². The molecule has 3 rings (SSSR count). The minimum absolute atomic E-state index is 0.271. The van der Waals surface area contributed by atoms with E-state index in [0.717, 1.165) is 12.1 Å². The summed E-state index contributed by atoms with van der Waals surface area (Å²) in [5.74, 6) is -0.870. The molecular formula is C18H23F4NO2. The van der Waals surface area contributed by atoms with Gasteiger partial charge in [0.05, 0.1) is 23.4 Å². The summed E-state index contributed by atoms with van der Waals surface area (Å²) in [6.07, 6.45) is -1.94. The smallest absolute Gasteiger partial charge is 0.390 e. The van der Waals surface area contributed by atoms with Crippen LogP contribution in [-0.4, -0.2) is 40.9 Å². The van der Waals surface area contributed by atoms with E-state index in [1.54, 1.807) is 0 Å². The first-order valence-corrected chi connectivity index (χ1v) is 8.52. The molecule has 2 fully saturated rings. The van der Waals surface area contributed by atoms with Gasteiger partial charge in [-0.2, -0.15) is 13.2 Å². The predicted octanol–water partition coefficient (Wildman–Crippen LogP) is 3.74. The zero-order valence-corrected chi connectivity index (χ0v) is 14.2. The molecule has 2 aliphatic heterocycles. The zero-order chi connectivity index (χ0) is 18.3. The number of hydrogen-bond acceptors (Lipinski definition) is 3. The highest BCUT2D eigenvalue weighted by Gasteiger charge is 2.44. The van der Waals surface area contributed by atoms with Crippen LogP contribution in [0, 0.1) is 5.82 Å². The third-order valence-electron chi connectivity index (χ3n) is 5.21. The number of aliphatic hydroxyl groups is 1. The van der Waals surface area contributed by atoms with Gasteiger partial charge >= 0.3 is 6.18 Å². The van der Waals surface area contributed by atoms with Gasteiger partial charge in [-0.1, -0.05) is 0 Å². The molecule has 0 aromatic heterocycles. The van der Waals surface area contributed by atoms with Crippen molar-refractivity contribution < 1.29 is 27.4 Å². The van der Waals surface area contributed by atoms with Crippen LogP contribution in [0.4, 0.5) is 17.6 Å². The summed E-state index contributed by atoms with van der Waals surface area (Å²) >= 11 is 0. The van der Waals surface area contributed by atoms with Crippen molar-refractivity contribution in [2.45, 2.75) is 56.5 Å². The number of benzene rings is 1. The monoisotopic (exact) mass is 361 g/mol. The van der Waals surface area contributed by atoms with Crippen molar-refractivity contribution in [2.24, 2.45) is 0 Å². The molecule has 1 unspecified atom stereocenters.